The summed E-state index contributed by atoms with van der Waals surface area (Å²) in [5, 5.41) is 3.68. The van der Waals surface area contributed by atoms with E-state index in [0.29, 0.717) is 6.01 Å². The third-order valence-corrected chi connectivity index (χ3v) is 5.82. The summed E-state index contributed by atoms with van der Waals surface area (Å²) in [6.07, 6.45) is 8.22. The van der Waals surface area contributed by atoms with E-state index in [1.165, 1.54) is 38.5 Å². The first-order valence-electron chi connectivity index (χ1n) is 8.12. The Labute approximate surface area is 124 Å². The van der Waals surface area contributed by atoms with Gasteiger partial charge in [-0.1, -0.05) is 0 Å². The van der Waals surface area contributed by atoms with Crippen molar-refractivity contribution in [2.24, 2.45) is 17.8 Å². The molecular weight excluding hydrogens is 262 g/mol. The number of aromatic nitrogens is 1. The number of oxazole rings is 1. The van der Waals surface area contributed by atoms with Crippen molar-refractivity contribution < 1.29 is 4.42 Å². The minimum absolute atomic E-state index is 0.237. The molecule has 110 valence electrons. The minimum atomic E-state index is 0.237. The second-order valence-electron chi connectivity index (χ2n) is 7.57. The topological polar surface area (TPSA) is 64.1 Å². The Morgan fingerprint density at radius 3 is 2.43 bits per heavy atom. The molecule has 4 heteroatoms. The number of benzene rings is 1. The van der Waals surface area contributed by atoms with Gasteiger partial charge in [-0.3, -0.25) is 0 Å². The summed E-state index contributed by atoms with van der Waals surface area (Å²) in [5.74, 6) is 2.76. The van der Waals surface area contributed by atoms with Crippen LogP contribution in [0, 0.1) is 17.8 Å². The lowest BCUT2D eigenvalue weighted by Crippen LogP contribution is -2.54. The normalized spacial score (nSPS) is 37.2. The van der Waals surface area contributed by atoms with Crippen molar-refractivity contribution in [3.63, 3.8) is 0 Å². The number of fused-ring (bicyclic) bond motifs is 1. The highest BCUT2D eigenvalue weighted by Gasteiger charge is 2.51. The Morgan fingerprint density at radius 1 is 1.10 bits per heavy atom. The van der Waals surface area contributed by atoms with Crippen LogP contribution >= 0.6 is 0 Å². The van der Waals surface area contributed by atoms with Gasteiger partial charge in [-0.25, -0.2) is 0 Å². The van der Waals surface area contributed by atoms with E-state index >= 15 is 0 Å². The molecule has 4 bridgehead atoms. The molecule has 4 nitrogen and oxygen atoms in total. The molecule has 4 aliphatic carbocycles. The van der Waals surface area contributed by atoms with E-state index < -0.39 is 0 Å². The predicted molar refractivity (Wildman–Crippen MR) is 82.9 cm³/mol. The standard InChI is InChI=1S/C17H21N3O/c18-13-1-2-15-14(6-13)19-16(21-15)20-17-7-10-3-11(8-17)5-12(4-10)9-17/h1-2,6,10-12H,3-5,7-9,18H2,(H,19,20). The molecule has 1 aromatic carbocycles. The Balaban J connectivity index is 1.48. The maximum absolute atomic E-state index is 5.88. The summed E-state index contributed by atoms with van der Waals surface area (Å²) in [4.78, 5) is 4.59. The van der Waals surface area contributed by atoms with Gasteiger partial charge in [0.25, 0.3) is 6.01 Å². The predicted octanol–water partition coefficient (Wildman–Crippen LogP) is 3.79. The molecule has 3 N–H and O–H groups in total. The lowest BCUT2D eigenvalue weighted by atomic mass is 9.53. The van der Waals surface area contributed by atoms with Gasteiger partial charge in [0, 0.05) is 11.2 Å². The number of hydrogen-bond acceptors (Lipinski definition) is 4. The quantitative estimate of drug-likeness (QED) is 0.823. The van der Waals surface area contributed by atoms with E-state index in [1.807, 2.05) is 18.2 Å². The van der Waals surface area contributed by atoms with Crippen LogP contribution in [0.3, 0.4) is 0 Å². The number of nitrogens with one attached hydrogen (secondary N) is 1. The van der Waals surface area contributed by atoms with Crippen LogP contribution in [0.25, 0.3) is 11.1 Å². The SMILES string of the molecule is Nc1ccc2oc(NC34CC5CC(CC(C5)C3)C4)nc2c1. The van der Waals surface area contributed by atoms with Crippen LogP contribution in [0.2, 0.25) is 0 Å². The molecule has 2 aromatic rings. The zero-order valence-corrected chi connectivity index (χ0v) is 12.1. The Morgan fingerprint density at radius 2 is 1.76 bits per heavy atom. The molecule has 0 unspecified atom stereocenters. The van der Waals surface area contributed by atoms with Crippen LogP contribution in [0.5, 0.6) is 0 Å². The van der Waals surface area contributed by atoms with E-state index in [0.717, 1.165) is 34.5 Å². The highest BCUT2D eigenvalue weighted by atomic mass is 16.4. The Kier molecular flexibility index (Phi) is 2.23. The van der Waals surface area contributed by atoms with Gasteiger partial charge in [0.1, 0.15) is 5.52 Å². The molecule has 6 rings (SSSR count). The fourth-order valence-electron chi connectivity index (χ4n) is 5.49. The highest BCUT2D eigenvalue weighted by Crippen LogP contribution is 2.56. The van der Waals surface area contributed by atoms with Crippen LogP contribution < -0.4 is 11.1 Å². The average molecular weight is 283 g/mol. The maximum Gasteiger partial charge on any atom is 0.296 e. The van der Waals surface area contributed by atoms with Gasteiger partial charge in [-0.2, -0.15) is 4.98 Å². The van der Waals surface area contributed by atoms with Crippen molar-refractivity contribution in [1.82, 2.24) is 4.98 Å². The zero-order valence-electron chi connectivity index (χ0n) is 12.1. The molecule has 0 atom stereocenters. The molecule has 4 aliphatic rings. The number of nitrogen functional groups attached to an aromatic ring is 1. The fourth-order valence-corrected chi connectivity index (χ4v) is 5.49. The fraction of sp³-hybridized carbons (Fsp3) is 0.588. The smallest absolute Gasteiger partial charge is 0.296 e. The van der Waals surface area contributed by atoms with Gasteiger partial charge in [-0.05, 0) is 74.5 Å². The molecule has 1 heterocycles. The lowest BCUT2D eigenvalue weighted by Gasteiger charge is -2.56. The van der Waals surface area contributed by atoms with Crippen LogP contribution in [0.15, 0.2) is 22.6 Å². The number of hydrogen-bond donors (Lipinski definition) is 2. The first-order valence-corrected chi connectivity index (χ1v) is 8.12. The van der Waals surface area contributed by atoms with Crippen LogP contribution in [0.4, 0.5) is 11.7 Å². The summed E-state index contributed by atoms with van der Waals surface area (Å²) in [7, 11) is 0. The van der Waals surface area contributed by atoms with Crippen molar-refractivity contribution >= 4 is 22.8 Å². The second kappa shape index (κ2) is 3.93. The molecule has 21 heavy (non-hydrogen) atoms. The number of rotatable bonds is 2. The van der Waals surface area contributed by atoms with Gasteiger partial charge < -0.3 is 15.5 Å². The van der Waals surface area contributed by atoms with Gasteiger partial charge in [0.2, 0.25) is 0 Å². The first kappa shape index (κ1) is 11.9. The molecule has 0 saturated heterocycles. The summed E-state index contributed by atoms with van der Waals surface area (Å²) >= 11 is 0. The molecule has 1 aromatic heterocycles. The summed E-state index contributed by atoms with van der Waals surface area (Å²) in [6.45, 7) is 0. The summed E-state index contributed by atoms with van der Waals surface area (Å²) < 4.78 is 5.88. The summed E-state index contributed by atoms with van der Waals surface area (Å²) in [5.41, 5.74) is 8.45. The van der Waals surface area contributed by atoms with Gasteiger partial charge in [0.05, 0.1) is 0 Å². The number of nitrogens with two attached hydrogens (primary N) is 1. The average Bonchev–Trinajstić information content (AvgIpc) is 2.77. The largest absolute Gasteiger partial charge is 0.424 e. The molecule has 0 amide bonds. The monoisotopic (exact) mass is 283 g/mol. The molecule has 4 saturated carbocycles. The van der Waals surface area contributed by atoms with Crippen molar-refractivity contribution in [3.8, 4) is 0 Å². The molecule has 4 fully saturated rings. The third kappa shape index (κ3) is 1.84. The van der Waals surface area contributed by atoms with Gasteiger partial charge >= 0.3 is 0 Å². The third-order valence-electron chi connectivity index (χ3n) is 5.82. The minimum Gasteiger partial charge on any atom is -0.424 e. The highest BCUT2D eigenvalue weighted by molar-refractivity contribution is 5.78. The van der Waals surface area contributed by atoms with E-state index in [4.69, 9.17) is 10.2 Å². The second-order valence-corrected chi connectivity index (χ2v) is 7.57. The van der Waals surface area contributed by atoms with Crippen molar-refractivity contribution in [1.29, 1.82) is 0 Å². The van der Waals surface area contributed by atoms with Crippen LogP contribution in [0.1, 0.15) is 38.5 Å². The van der Waals surface area contributed by atoms with Gasteiger partial charge in [0.15, 0.2) is 5.58 Å². The van der Waals surface area contributed by atoms with Gasteiger partial charge in [-0.15, -0.1) is 0 Å². The molecule has 0 aliphatic heterocycles. The Bertz CT molecular complexity index is 670. The maximum atomic E-state index is 5.88. The molecular formula is C17H21N3O. The van der Waals surface area contributed by atoms with Crippen molar-refractivity contribution in [2.75, 3.05) is 11.1 Å². The van der Waals surface area contributed by atoms with Crippen molar-refractivity contribution in [2.45, 2.75) is 44.1 Å². The number of nitrogens with zero attached hydrogens (tertiary/aromatic N) is 1. The van der Waals surface area contributed by atoms with E-state index in [1.54, 1.807) is 0 Å². The zero-order chi connectivity index (χ0) is 14.0. The first-order chi connectivity index (χ1) is 10.2. The molecule has 0 radical (unpaired) electrons. The summed E-state index contributed by atoms with van der Waals surface area (Å²) in [6, 6.07) is 6.33. The Hall–Kier alpha value is -1.71. The van der Waals surface area contributed by atoms with E-state index in [9.17, 15) is 0 Å². The molecule has 0 spiro atoms. The lowest BCUT2D eigenvalue weighted by molar-refractivity contribution is 0.00969. The van der Waals surface area contributed by atoms with Crippen LogP contribution in [-0.4, -0.2) is 10.5 Å². The number of anilines is 2. The van der Waals surface area contributed by atoms with Crippen molar-refractivity contribution in [3.05, 3.63) is 18.2 Å². The van der Waals surface area contributed by atoms with E-state index in [2.05, 4.69) is 10.3 Å². The van der Waals surface area contributed by atoms with Crippen LogP contribution in [-0.2, 0) is 0 Å². The van der Waals surface area contributed by atoms with E-state index in [-0.39, 0.29) is 5.54 Å².